The summed E-state index contributed by atoms with van der Waals surface area (Å²) in [6.07, 6.45) is 10.6. The lowest BCUT2D eigenvalue weighted by molar-refractivity contribution is -0.254. The van der Waals surface area contributed by atoms with E-state index in [9.17, 15) is 15.0 Å². The molecule has 2 aliphatic carbocycles. The number of hydrogen-bond acceptors (Lipinski definition) is 12. The van der Waals surface area contributed by atoms with Crippen LogP contribution >= 0.6 is 0 Å². The molecule has 0 spiro atoms. The van der Waals surface area contributed by atoms with Gasteiger partial charge in [-0.3, -0.25) is 10.1 Å². The largest absolute Gasteiger partial charge is 0.497 e. The molecule has 4 aromatic carbocycles. The maximum atomic E-state index is 15.3. The Hall–Kier alpha value is -5.93. The Balaban J connectivity index is 1.29. The molecular weight excluding hydrogens is 879 g/mol. The zero-order valence-electron chi connectivity index (χ0n) is 40.1. The van der Waals surface area contributed by atoms with Crippen molar-refractivity contribution in [2.24, 2.45) is 22.9 Å². The third-order valence-electron chi connectivity index (χ3n) is 14.0. The number of oxime groups is 1. The van der Waals surface area contributed by atoms with Gasteiger partial charge in [-0.15, -0.1) is 6.58 Å². The monoisotopic (exact) mass is 945 g/mol. The van der Waals surface area contributed by atoms with E-state index in [2.05, 4.69) is 24.9 Å². The average molecular weight is 946 g/mol. The Morgan fingerprint density at radius 2 is 1.72 bits per heavy atom. The minimum absolute atomic E-state index is 0.00335. The van der Waals surface area contributed by atoms with Gasteiger partial charge in [0.1, 0.15) is 29.0 Å². The summed E-state index contributed by atoms with van der Waals surface area (Å²) in [6.45, 7) is 7.36. The minimum atomic E-state index is -1.46. The van der Waals surface area contributed by atoms with Gasteiger partial charge in [0, 0.05) is 55.7 Å². The molecule has 1 unspecified atom stereocenters. The van der Waals surface area contributed by atoms with Crippen molar-refractivity contribution in [3.8, 4) is 23.0 Å². The third kappa shape index (κ3) is 10.8. The summed E-state index contributed by atoms with van der Waals surface area (Å²) in [4.78, 5) is 37.3. The molecule has 1 saturated carbocycles. The van der Waals surface area contributed by atoms with Gasteiger partial charge in [-0.2, -0.15) is 0 Å². The molecule has 0 bridgehead atoms. The second kappa shape index (κ2) is 23.1. The number of ether oxygens (including phenoxy) is 6. The van der Waals surface area contributed by atoms with E-state index in [0.717, 1.165) is 60.4 Å². The second-order valence-corrected chi connectivity index (χ2v) is 18.3. The van der Waals surface area contributed by atoms with Gasteiger partial charge in [0.25, 0.3) is 5.91 Å². The molecule has 4 aliphatic rings. The number of methoxy groups -OCH3 is 2. The molecule has 14 heteroatoms. The van der Waals surface area contributed by atoms with Crippen molar-refractivity contribution in [1.82, 2.24) is 4.90 Å². The number of allylic oxidation sites excluding steroid dienone is 1. The van der Waals surface area contributed by atoms with Gasteiger partial charge in [-0.1, -0.05) is 67.4 Å². The first-order valence-corrected chi connectivity index (χ1v) is 24.6. The number of aliphatic hydroxyl groups excluding tert-OH is 2. The van der Waals surface area contributed by atoms with Crippen molar-refractivity contribution >= 4 is 34.2 Å². The molecule has 69 heavy (non-hydrogen) atoms. The van der Waals surface area contributed by atoms with E-state index in [1.165, 1.54) is 7.11 Å². The maximum absolute atomic E-state index is 15.3. The van der Waals surface area contributed by atoms with Gasteiger partial charge < -0.3 is 48.4 Å². The van der Waals surface area contributed by atoms with Gasteiger partial charge in [-0.05, 0) is 116 Å². The van der Waals surface area contributed by atoms with E-state index in [0.29, 0.717) is 78.8 Å². The Morgan fingerprint density at radius 3 is 2.46 bits per heavy atom. The average Bonchev–Trinajstić information content (AvgIpc) is 3.38. The molecule has 368 valence electrons. The predicted molar refractivity (Wildman–Crippen MR) is 264 cm³/mol. The Kier molecular flexibility index (Phi) is 16.6. The number of unbranched alkanes of at least 4 members (excludes halogenated alkanes) is 2. The van der Waals surface area contributed by atoms with Gasteiger partial charge in [-0.25, -0.2) is 4.79 Å². The number of anilines is 1. The number of rotatable bonds is 21. The number of amides is 2. The van der Waals surface area contributed by atoms with Crippen LogP contribution in [0.4, 0.5) is 10.5 Å². The minimum Gasteiger partial charge on any atom is -0.497 e. The van der Waals surface area contributed by atoms with Crippen LogP contribution in [0.3, 0.4) is 0 Å². The fraction of sp³-hybridized carbons (Fsp3) is 0.473. The fourth-order valence-electron chi connectivity index (χ4n) is 10.9. The normalized spacial score (nSPS) is 24.2. The molecule has 7 atom stereocenters. The molecule has 8 rings (SSSR count). The number of carbonyl (C=O) groups excluding carboxylic acids is 2. The highest BCUT2D eigenvalue weighted by molar-refractivity contribution is 6.04. The van der Waals surface area contributed by atoms with Crippen LogP contribution in [-0.2, 0) is 14.3 Å². The van der Waals surface area contributed by atoms with E-state index < -0.39 is 30.1 Å². The summed E-state index contributed by atoms with van der Waals surface area (Å²) >= 11 is 0. The number of nitrogens with zero attached hydrogens (tertiary/aromatic N) is 2. The van der Waals surface area contributed by atoms with Gasteiger partial charge in [0.15, 0.2) is 0 Å². The Bertz CT molecular complexity index is 2490. The number of hydrogen-bond donors (Lipinski definition) is 3. The van der Waals surface area contributed by atoms with Crippen molar-refractivity contribution in [3.63, 3.8) is 0 Å². The van der Waals surface area contributed by atoms with Crippen molar-refractivity contribution in [2.75, 3.05) is 52.5 Å². The van der Waals surface area contributed by atoms with Gasteiger partial charge in [0.05, 0.1) is 44.8 Å². The van der Waals surface area contributed by atoms with E-state index in [1.54, 1.807) is 37.5 Å². The second-order valence-electron chi connectivity index (χ2n) is 18.3. The lowest BCUT2D eigenvalue weighted by Gasteiger charge is -2.60. The van der Waals surface area contributed by atoms with Crippen LogP contribution in [-0.4, -0.2) is 98.1 Å². The third-order valence-corrected chi connectivity index (χ3v) is 14.0. The van der Waals surface area contributed by atoms with Crippen LogP contribution in [0.5, 0.6) is 23.0 Å². The van der Waals surface area contributed by atoms with Gasteiger partial charge >= 0.3 is 6.09 Å². The highest BCUT2D eigenvalue weighted by Crippen LogP contribution is 2.62. The summed E-state index contributed by atoms with van der Waals surface area (Å²) in [5.41, 5.74) is 3.35. The van der Waals surface area contributed by atoms with Gasteiger partial charge in [0.2, 0.25) is 12.1 Å². The van der Waals surface area contributed by atoms with Crippen molar-refractivity contribution in [3.05, 3.63) is 114 Å². The number of carbonyl (C=O) groups is 2. The van der Waals surface area contributed by atoms with E-state index >= 15 is 4.79 Å². The van der Waals surface area contributed by atoms with E-state index in [4.69, 9.17) is 38.4 Å². The zero-order chi connectivity index (χ0) is 48.3. The molecule has 3 N–H and O–H groups in total. The highest BCUT2D eigenvalue weighted by Gasteiger charge is 2.65. The molecule has 0 aromatic heterocycles. The first kappa shape index (κ1) is 49.5. The zero-order valence-corrected chi connectivity index (χ0v) is 40.1. The van der Waals surface area contributed by atoms with Crippen LogP contribution in [0.25, 0.3) is 10.8 Å². The van der Waals surface area contributed by atoms with Crippen LogP contribution in [0.15, 0.2) is 108 Å². The summed E-state index contributed by atoms with van der Waals surface area (Å²) in [7, 11) is 3.07. The summed E-state index contributed by atoms with van der Waals surface area (Å²) in [5, 5.41) is 29.9. The lowest BCUT2D eigenvalue weighted by Crippen LogP contribution is -2.70. The highest BCUT2D eigenvalue weighted by atomic mass is 16.8. The quantitative estimate of drug-likeness (QED) is 0.0413. The number of nitrogens with one attached hydrogen (secondary N) is 1. The van der Waals surface area contributed by atoms with Crippen LogP contribution in [0, 0.1) is 17.8 Å². The van der Waals surface area contributed by atoms with Crippen molar-refractivity contribution in [1.29, 1.82) is 0 Å². The molecule has 4 aromatic rings. The molecule has 2 amide bonds. The van der Waals surface area contributed by atoms with Crippen LogP contribution < -0.4 is 24.3 Å². The van der Waals surface area contributed by atoms with Crippen molar-refractivity contribution < 1.29 is 53.1 Å². The van der Waals surface area contributed by atoms with Crippen LogP contribution in [0.2, 0.25) is 0 Å². The lowest BCUT2D eigenvalue weighted by atomic mass is 9.55. The molecule has 0 radical (unpaired) electrons. The van der Waals surface area contributed by atoms with Crippen LogP contribution in [0.1, 0.15) is 99.4 Å². The topological polar surface area (TPSA) is 167 Å². The standard InChI is InChI=1S/C55H67N3O11/c1-5-26-58(53(61)39-21-20-36-15-7-8-16-37(36)31-39)49-35-46(57-69-50-19-11-14-30-65-50)43-32-38(17-9-12-27-59)42(18-10-13-28-60)51-44-33-41(23-25-47(44)68-55(49,52(43)51)66-29-6-2)67-54(62)56-45-24-22-40(63-3)34-48(45)64-4/h6-8,15-16,20-25,31-34,38,42,49-52,59-60H,2,5,9-14,17-19,26-30,35H2,1,3-4H3,(H,56,62)/t38-,42+,49-,50?,51+,52+,55+/m0/s1. The Labute approximate surface area is 405 Å². The number of aliphatic hydroxyl groups is 2. The summed E-state index contributed by atoms with van der Waals surface area (Å²) in [6, 6.07) is 23.6. The van der Waals surface area contributed by atoms with E-state index in [-0.39, 0.29) is 49.9 Å². The number of fused-ring (bicyclic) bond motifs is 3. The maximum Gasteiger partial charge on any atom is 0.417 e. The fourth-order valence-corrected chi connectivity index (χ4v) is 10.9. The first-order chi connectivity index (χ1) is 33.7. The predicted octanol–water partition coefficient (Wildman–Crippen LogP) is 10.2. The van der Waals surface area contributed by atoms with Crippen molar-refractivity contribution in [2.45, 2.75) is 102 Å². The first-order valence-electron chi connectivity index (χ1n) is 24.6. The molecular formula is C55H67N3O11. The smallest absolute Gasteiger partial charge is 0.417 e. The SMILES string of the molecule is C=CCO[C@@]12Oc3ccc(OC(=O)Nc4ccc(OC)cc4OC)cc3[C@H]3[C@H](CCCCO)[C@@H](CCCCO)C=C(C(=NOC4CCCCO4)C[C@@H]1N(CCC)C(=O)c1ccc4ccccc4c1)[C@H]32. The summed E-state index contributed by atoms with van der Waals surface area (Å²) < 4.78 is 37.6. The number of benzene rings is 4. The Morgan fingerprint density at radius 1 is 0.928 bits per heavy atom. The molecule has 2 aliphatic heterocycles. The molecule has 2 heterocycles. The molecule has 14 nitrogen and oxygen atoms in total. The summed E-state index contributed by atoms with van der Waals surface area (Å²) in [5.74, 6) is -0.736. The molecule has 1 saturated heterocycles. The van der Waals surface area contributed by atoms with E-state index in [1.807, 2.05) is 59.5 Å². The molecule has 2 fully saturated rings.